The minimum atomic E-state index is -1.12. The van der Waals surface area contributed by atoms with Crippen LogP contribution >= 0.6 is 11.6 Å². The predicted octanol–water partition coefficient (Wildman–Crippen LogP) is 2.13. The number of carboxylic acids is 1. The highest BCUT2D eigenvalue weighted by Crippen LogP contribution is 2.28. The molecule has 0 fully saturated rings. The molecule has 0 aliphatic carbocycles. The molecule has 0 atom stereocenters. The third-order valence-corrected chi connectivity index (χ3v) is 3.26. The van der Waals surface area contributed by atoms with Crippen LogP contribution in [0.25, 0.3) is 11.0 Å². The number of rotatable bonds is 3. The van der Waals surface area contributed by atoms with E-state index < -0.39 is 5.97 Å². The van der Waals surface area contributed by atoms with Crippen molar-refractivity contribution in [2.75, 3.05) is 0 Å². The van der Waals surface area contributed by atoms with Crippen LogP contribution in [-0.2, 0) is 6.54 Å². The predicted molar refractivity (Wildman–Crippen MR) is 69.8 cm³/mol. The SMILES string of the molecule is Cc1nn(Cc2ncco2)c2ncc(C(=O)O)c(Cl)c12. The van der Waals surface area contributed by atoms with Gasteiger partial charge >= 0.3 is 5.97 Å². The van der Waals surface area contributed by atoms with Crippen LogP contribution in [0.15, 0.2) is 23.1 Å². The molecule has 1 N–H and O–H groups in total. The molecule has 3 aromatic heterocycles. The zero-order valence-corrected chi connectivity index (χ0v) is 11.1. The van der Waals surface area contributed by atoms with Gasteiger partial charge in [-0.3, -0.25) is 0 Å². The van der Waals surface area contributed by atoms with Crippen LogP contribution in [0.2, 0.25) is 5.02 Å². The van der Waals surface area contributed by atoms with Gasteiger partial charge in [-0.2, -0.15) is 5.10 Å². The summed E-state index contributed by atoms with van der Waals surface area (Å²) in [6.07, 6.45) is 4.23. The monoisotopic (exact) mass is 292 g/mol. The van der Waals surface area contributed by atoms with Gasteiger partial charge in [0.15, 0.2) is 5.65 Å². The molecule has 0 saturated heterocycles. The highest BCUT2D eigenvalue weighted by Gasteiger charge is 2.19. The maximum atomic E-state index is 11.1. The van der Waals surface area contributed by atoms with Crippen molar-refractivity contribution in [3.63, 3.8) is 0 Å². The van der Waals surface area contributed by atoms with Crippen molar-refractivity contribution in [1.82, 2.24) is 19.7 Å². The summed E-state index contributed by atoms with van der Waals surface area (Å²) in [5.41, 5.74) is 1.06. The number of oxazole rings is 1. The van der Waals surface area contributed by atoms with Crippen molar-refractivity contribution in [2.45, 2.75) is 13.5 Å². The van der Waals surface area contributed by atoms with Gasteiger partial charge in [0, 0.05) is 6.20 Å². The lowest BCUT2D eigenvalue weighted by atomic mass is 10.2. The molecule has 8 heteroatoms. The Kier molecular flexibility index (Phi) is 2.90. The van der Waals surface area contributed by atoms with Crippen LogP contribution in [0, 0.1) is 6.92 Å². The average Bonchev–Trinajstić information content (AvgIpc) is 2.99. The average molecular weight is 293 g/mol. The maximum absolute atomic E-state index is 11.1. The van der Waals surface area contributed by atoms with Crippen LogP contribution in [0.3, 0.4) is 0 Å². The maximum Gasteiger partial charge on any atom is 0.338 e. The van der Waals surface area contributed by atoms with Gasteiger partial charge in [-0.15, -0.1) is 0 Å². The second-order valence-electron chi connectivity index (χ2n) is 4.16. The Morgan fingerprint density at radius 3 is 2.95 bits per heavy atom. The topological polar surface area (TPSA) is 94.0 Å². The molecular formula is C12H9ClN4O3. The van der Waals surface area contributed by atoms with E-state index in [0.717, 1.165) is 0 Å². The third-order valence-electron chi connectivity index (χ3n) is 2.87. The minimum absolute atomic E-state index is 0.0436. The van der Waals surface area contributed by atoms with Gasteiger partial charge in [0.1, 0.15) is 12.8 Å². The number of hydrogen-bond acceptors (Lipinski definition) is 5. The molecule has 0 aliphatic rings. The van der Waals surface area contributed by atoms with Gasteiger partial charge in [0.05, 0.1) is 27.9 Å². The molecule has 0 amide bonds. The molecule has 3 rings (SSSR count). The molecule has 0 spiro atoms. The van der Waals surface area contributed by atoms with E-state index in [1.807, 2.05) is 0 Å². The summed E-state index contributed by atoms with van der Waals surface area (Å²) in [5.74, 6) is -0.640. The molecule has 20 heavy (non-hydrogen) atoms. The molecular weight excluding hydrogens is 284 g/mol. The Balaban J connectivity index is 2.17. The lowest BCUT2D eigenvalue weighted by Gasteiger charge is -2.02. The summed E-state index contributed by atoms with van der Waals surface area (Å²) in [6, 6.07) is 0. The fourth-order valence-electron chi connectivity index (χ4n) is 1.99. The first-order valence-electron chi connectivity index (χ1n) is 5.71. The van der Waals surface area contributed by atoms with Crippen molar-refractivity contribution in [3.05, 3.63) is 40.8 Å². The van der Waals surface area contributed by atoms with Crippen LogP contribution in [0.1, 0.15) is 21.9 Å². The summed E-state index contributed by atoms with van der Waals surface area (Å²) < 4.78 is 6.74. The van der Waals surface area contributed by atoms with Gasteiger partial charge in [-0.1, -0.05) is 11.6 Å². The van der Waals surface area contributed by atoms with Gasteiger partial charge < -0.3 is 9.52 Å². The Bertz CT molecular complexity index is 795. The minimum Gasteiger partial charge on any atom is -0.478 e. The van der Waals surface area contributed by atoms with E-state index >= 15 is 0 Å². The second-order valence-corrected chi connectivity index (χ2v) is 4.54. The highest BCUT2D eigenvalue weighted by atomic mass is 35.5. The number of hydrogen-bond donors (Lipinski definition) is 1. The molecule has 3 aromatic rings. The summed E-state index contributed by atoms with van der Waals surface area (Å²) >= 11 is 6.12. The first-order valence-corrected chi connectivity index (χ1v) is 6.09. The number of halogens is 1. The Labute approximate surface area is 117 Å². The fraction of sp³-hybridized carbons (Fsp3) is 0.167. The Morgan fingerprint density at radius 1 is 1.50 bits per heavy atom. The fourth-order valence-corrected chi connectivity index (χ4v) is 2.34. The molecule has 7 nitrogen and oxygen atoms in total. The number of aryl methyl sites for hydroxylation is 1. The van der Waals surface area contributed by atoms with Gasteiger partial charge in [-0.25, -0.2) is 19.4 Å². The number of fused-ring (bicyclic) bond motifs is 1. The van der Waals surface area contributed by atoms with E-state index in [0.29, 0.717) is 29.2 Å². The quantitative estimate of drug-likeness (QED) is 0.794. The largest absolute Gasteiger partial charge is 0.478 e. The normalized spacial score (nSPS) is 11.1. The van der Waals surface area contributed by atoms with Crippen molar-refractivity contribution < 1.29 is 14.3 Å². The summed E-state index contributed by atoms with van der Waals surface area (Å²) in [5, 5.41) is 14.0. The molecule has 102 valence electrons. The van der Waals surface area contributed by atoms with E-state index in [1.54, 1.807) is 11.6 Å². The van der Waals surface area contributed by atoms with Crippen LogP contribution < -0.4 is 0 Å². The molecule has 0 radical (unpaired) electrons. The van der Waals surface area contributed by atoms with Crippen LogP contribution in [0.4, 0.5) is 0 Å². The first-order chi connectivity index (χ1) is 9.58. The summed E-state index contributed by atoms with van der Waals surface area (Å²) in [4.78, 5) is 19.2. The first kappa shape index (κ1) is 12.6. The van der Waals surface area contributed by atoms with Crippen molar-refractivity contribution in [1.29, 1.82) is 0 Å². The van der Waals surface area contributed by atoms with Gasteiger partial charge in [-0.05, 0) is 6.92 Å². The van der Waals surface area contributed by atoms with Gasteiger partial charge in [0.25, 0.3) is 0 Å². The Hall–Kier alpha value is -2.41. The smallest absolute Gasteiger partial charge is 0.338 e. The van der Waals surface area contributed by atoms with Crippen molar-refractivity contribution in [2.24, 2.45) is 0 Å². The molecule has 0 bridgehead atoms. The van der Waals surface area contributed by atoms with Crippen LogP contribution in [0.5, 0.6) is 0 Å². The van der Waals surface area contributed by atoms with E-state index in [4.69, 9.17) is 21.1 Å². The van der Waals surface area contributed by atoms with Crippen molar-refractivity contribution in [3.8, 4) is 0 Å². The lowest BCUT2D eigenvalue weighted by Crippen LogP contribution is -2.04. The zero-order chi connectivity index (χ0) is 14.3. The number of aromatic carboxylic acids is 1. The third kappa shape index (κ3) is 1.92. The Morgan fingerprint density at radius 2 is 2.30 bits per heavy atom. The lowest BCUT2D eigenvalue weighted by molar-refractivity contribution is 0.0697. The molecule has 0 aromatic carbocycles. The van der Waals surface area contributed by atoms with E-state index in [-0.39, 0.29) is 10.6 Å². The highest BCUT2D eigenvalue weighted by molar-refractivity contribution is 6.38. The van der Waals surface area contributed by atoms with Crippen molar-refractivity contribution >= 4 is 28.6 Å². The van der Waals surface area contributed by atoms with Gasteiger partial charge in [0.2, 0.25) is 5.89 Å². The summed E-state index contributed by atoms with van der Waals surface area (Å²) in [6.45, 7) is 2.04. The van der Waals surface area contributed by atoms with E-state index in [2.05, 4.69) is 15.1 Å². The van der Waals surface area contributed by atoms with E-state index in [1.165, 1.54) is 18.7 Å². The molecule has 0 aliphatic heterocycles. The number of carboxylic acid groups (broad SMARTS) is 1. The van der Waals surface area contributed by atoms with E-state index in [9.17, 15) is 4.79 Å². The summed E-state index contributed by atoms with van der Waals surface area (Å²) in [7, 11) is 0. The van der Waals surface area contributed by atoms with Crippen LogP contribution in [-0.4, -0.2) is 30.8 Å². The number of nitrogens with zero attached hydrogens (tertiary/aromatic N) is 4. The zero-order valence-electron chi connectivity index (χ0n) is 10.4. The standard InChI is InChI=1S/C12H9ClN4O3/c1-6-9-10(13)7(12(18)19)4-15-11(9)17(16-6)5-8-14-2-3-20-8/h2-4H,5H2,1H3,(H,18,19). The molecule has 3 heterocycles. The number of carbonyl (C=O) groups is 1. The second kappa shape index (κ2) is 4.61. The number of pyridine rings is 1. The number of aromatic nitrogens is 4. The molecule has 0 saturated carbocycles. The molecule has 0 unspecified atom stereocenters.